The second kappa shape index (κ2) is 55.7. The van der Waals surface area contributed by atoms with Crippen molar-refractivity contribution < 1.29 is 28.6 Å². The first-order valence-electron chi connectivity index (χ1n) is 31.2. The maximum atomic E-state index is 12.9. The first kappa shape index (κ1) is 67.4. The molecule has 0 rings (SSSR count). The van der Waals surface area contributed by atoms with Gasteiger partial charge in [0.15, 0.2) is 6.10 Å². The summed E-state index contributed by atoms with van der Waals surface area (Å²) in [4.78, 5) is 38.2. The quantitative estimate of drug-likeness (QED) is 0.0343. The molecule has 0 aliphatic heterocycles. The zero-order chi connectivity index (χ0) is 50.4. The fraction of sp³-hybridized carbons (Fsp3) is 0.952. The molecule has 0 aromatic rings. The van der Waals surface area contributed by atoms with Crippen LogP contribution in [-0.4, -0.2) is 37.2 Å². The number of hydrogen-bond donors (Lipinski definition) is 0. The van der Waals surface area contributed by atoms with Gasteiger partial charge in [-0.15, -0.1) is 0 Å². The monoisotopic (exact) mass is 975 g/mol. The predicted molar refractivity (Wildman–Crippen MR) is 298 cm³/mol. The van der Waals surface area contributed by atoms with E-state index in [1.165, 1.54) is 244 Å². The van der Waals surface area contributed by atoms with Gasteiger partial charge in [0.05, 0.1) is 0 Å². The molecule has 0 aromatic carbocycles. The molecule has 0 heterocycles. The molecule has 0 spiro atoms. The van der Waals surface area contributed by atoms with E-state index in [-0.39, 0.29) is 31.1 Å². The van der Waals surface area contributed by atoms with Crippen molar-refractivity contribution in [2.75, 3.05) is 13.2 Å². The summed E-state index contributed by atoms with van der Waals surface area (Å²) >= 11 is 0. The third kappa shape index (κ3) is 57.2. The maximum absolute atomic E-state index is 12.9. The Balaban J connectivity index is 4.26. The Morgan fingerprint density at radius 3 is 0.710 bits per heavy atom. The molecule has 6 nitrogen and oxygen atoms in total. The van der Waals surface area contributed by atoms with Gasteiger partial charge in [-0.1, -0.05) is 317 Å². The number of carbonyl (C=O) groups is 3. The molecule has 0 saturated carbocycles. The van der Waals surface area contributed by atoms with Gasteiger partial charge in [0.1, 0.15) is 13.2 Å². The molecule has 69 heavy (non-hydrogen) atoms. The lowest BCUT2D eigenvalue weighted by Crippen LogP contribution is -2.30. The lowest BCUT2D eigenvalue weighted by atomic mass is 10.0. The van der Waals surface area contributed by atoms with Crippen molar-refractivity contribution >= 4 is 17.9 Å². The topological polar surface area (TPSA) is 78.9 Å². The van der Waals surface area contributed by atoms with Gasteiger partial charge in [0.25, 0.3) is 0 Å². The average Bonchev–Trinajstić information content (AvgIpc) is 3.32. The molecule has 6 heteroatoms. The molecular weight excluding hydrogens is 853 g/mol. The van der Waals surface area contributed by atoms with Crippen LogP contribution >= 0.6 is 0 Å². The van der Waals surface area contributed by atoms with Gasteiger partial charge in [0, 0.05) is 19.3 Å². The second-order valence-electron chi connectivity index (χ2n) is 22.6. The molecule has 410 valence electrons. The van der Waals surface area contributed by atoms with Gasteiger partial charge < -0.3 is 14.2 Å². The van der Waals surface area contributed by atoms with Crippen molar-refractivity contribution in [1.82, 2.24) is 0 Å². The van der Waals surface area contributed by atoms with E-state index >= 15 is 0 Å². The fourth-order valence-electron chi connectivity index (χ4n) is 9.76. The number of hydrogen-bond acceptors (Lipinski definition) is 6. The molecule has 0 aliphatic rings. The van der Waals surface area contributed by atoms with E-state index < -0.39 is 6.10 Å². The molecule has 0 bridgehead atoms. The molecule has 0 saturated heterocycles. The lowest BCUT2D eigenvalue weighted by Gasteiger charge is -2.18. The Hall–Kier alpha value is -1.59. The van der Waals surface area contributed by atoms with E-state index in [2.05, 4.69) is 34.6 Å². The molecule has 0 radical (unpaired) electrons. The summed E-state index contributed by atoms with van der Waals surface area (Å²) in [6.45, 7) is 11.5. The standard InChI is InChI=1S/C63H122O6/c1-6-7-8-9-10-11-12-21-28-33-38-43-48-53-61(64)67-56-60(69-63(66)55-50-45-40-35-30-25-20-16-14-18-23-27-32-37-42-47-52-59(4)5)57-68-62(65)54-49-44-39-34-29-24-19-15-13-17-22-26-31-36-41-46-51-58(2)3/h58-60H,6-57H2,1-5H3/t60-/m0/s1. The Bertz CT molecular complexity index is 1060. The summed E-state index contributed by atoms with van der Waals surface area (Å²) in [5.41, 5.74) is 0. The van der Waals surface area contributed by atoms with Crippen LogP contribution in [0, 0.1) is 11.8 Å². The zero-order valence-corrected chi connectivity index (χ0v) is 47.5. The van der Waals surface area contributed by atoms with E-state index in [0.29, 0.717) is 19.3 Å². The normalized spacial score (nSPS) is 12.0. The van der Waals surface area contributed by atoms with Crippen LogP contribution < -0.4 is 0 Å². The van der Waals surface area contributed by atoms with Crippen molar-refractivity contribution in [3.8, 4) is 0 Å². The molecule has 0 N–H and O–H groups in total. The summed E-state index contributed by atoms with van der Waals surface area (Å²) in [5, 5.41) is 0. The van der Waals surface area contributed by atoms with Crippen molar-refractivity contribution in [1.29, 1.82) is 0 Å². The van der Waals surface area contributed by atoms with E-state index in [1.54, 1.807) is 0 Å². The van der Waals surface area contributed by atoms with E-state index in [1.807, 2.05) is 0 Å². The molecule has 1 atom stereocenters. The zero-order valence-electron chi connectivity index (χ0n) is 47.5. The predicted octanol–water partition coefficient (Wildman–Crippen LogP) is 20.8. The maximum Gasteiger partial charge on any atom is 0.306 e. The molecule has 0 fully saturated rings. The summed E-state index contributed by atoms with van der Waals surface area (Å²) in [6.07, 6.45) is 61.0. The van der Waals surface area contributed by atoms with Crippen molar-refractivity contribution in [2.24, 2.45) is 11.8 Å². The number of rotatable bonds is 57. The Labute approximate surface area is 431 Å². The van der Waals surface area contributed by atoms with Crippen LogP contribution in [0.1, 0.15) is 356 Å². The highest BCUT2D eigenvalue weighted by Gasteiger charge is 2.19. The molecular formula is C63H122O6. The second-order valence-corrected chi connectivity index (χ2v) is 22.6. The van der Waals surface area contributed by atoms with Gasteiger partial charge in [0.2, 0.25) is 0 Å². The lowest BCUT2D eigenvalue weighted by molar-refractivity contribution is -0.167. The summed E-state index contributed by atoms with van der Waals surface area (Å²) in [5.74, 6) is 0.872. The minimum absolute atomic E-state index is 0.0619. The molecule has 0 aromatic heterocycles. The number of ether oxygens (including phenoxy) is 3. The Kier molecular flexibility index (Phi) is 54.4. The highest BCUT2D eigenvalue weighted by Crippen LogP contribution is 2.19. The number of unbranched alkanes of at least 4 members (excludes halogenated alkanes) is 42. The van der Waals surface area contributed by atoms with Gasteiger partial charge in [-0.05, 0) is 31.1 Å². The number of carbonyl (C=O) groups excluding carboxylic acids is 3. The summed E-state index contributed by atoms with van der Waals surface area (Å²) in [7, 11) is 0. The van der Waals surface area contributed by atoms with Crippen LogP contribution in [-0.2, 0) is 28.6 Å². The molecule has 0 aliphatic carbocycles. The minimum atomic E-state index is -0.763. The minimum Gasteiger partial charge on any atom is -0.462 e. The fourth-order valence-corrected chi connectivity index (χ4v) is 9.76. The van der Waals surface area contributed by atoms with Crippen molar-refractivity contribution in [3.63, 3.8) is 0 Å². The van der Waals surface area contributed by atoms with Crippen LogP contribution in [0.2, 0.25) is 0 Å². The average molecular weight is 976 g/mol. The van der Waals surface area contributed by atoms with Crippen molar-refractivity contribution in [2.45, 2.75) is 362 Å². The third-order valence-corrected chi connectivity index (χ3v) is 14.5. The third-order valence-electron chi connectivity index (χ3n) is 14.5. The first-order chi connectivity index (χ1) is 33.7. The van der Waals surface area contributed by atoms with Crippen LogP contribution in [0.3, 0.4) is 0 Å². The Morgan fingerprint density at radius 1 is 0.275 bits per heavy atom. The van der Waals surface area contributed by atoms with E-state index in [9.17, 15) is 14.4 Å². The van der Waals surface area contributed by atoms with Crippen LogP contribution in [0.4, 0.5) is 0 Å². The van der Waals surface area contributed by atoms with Crippen LogP contribution in [0.15, 0.2) is 0 Å². The van der Waals surface area contributed by atoms with Gasteiger partial charge in [-0.2, -0.15) is 0 Å². The van der Waals surface area contributed by atoms with E-state index in [4.69, 9.17) is 14.2 Å². The SMILES string of the molecule is CCCCCCCCCCCCCCCC(=O)OC[C@@H](COC(=O)CCCCCCCCCCCCCCCCCCC(C)C)OC(=O)CCCCCCCCCCCCCCCCCCC(C)C. The van der Waals surface area contributed by atoms with Gasteiger partial charge in [-0.3, -0.25) is 14.4 Å². The Morgan fingerprint density at radius 2 is 0.478 bits per heavy atom. The highest BCUT2D eigenvalue weighted by molar-refractivity contribution is 5.71. The number of esters is 3. The largest absolute Gasteiger partial charge is 0.462 e. The first-order valence-corrected chi connectivity index (χ1v) is 31.2. The van der Waals surface area contributed by atoms with Crippen molar-refractivity contribution in [3.05, 3.63) is 0 Å². The smallest absolute Gasteiger partial charge is 0.306 e. The van der Waals surface area contributed by atoms with E-state index in [0.717, 1.165) is 69.6 Å². The van der Waals surface area contributed by atoms with Gasteiger partial charge >= 0.3 is 17.9 Å². The highest BCUT2D eigenvalue weighted by atomic mass is 16.6. The summed E-state index contributed by atoms with van der Waals surface area (Å²) in [6, 6.07) is 0. The summed E-state index contributed by atoms with van der Waals surface area (Å²) < 4.78 is 16.9. The van der Waals surface area contributed by atoms with Gasteiger partial charge in [-0.25, -0.2) is 0 Å². The van der Waals surface area contributed by atoms with Crippen LogP contribution in [0.5, 0.6) is 0 Å². The molecule has 0 unspecified atom stereocenters. The van der Waals surface area contributed by atoms with Crippen LogP contribution in [0.25, 0.3) is 0 Å². The molecule has 0 amide bonds.